The number of halogens is 2. The second-order valence-electron chi connectivity index (χ2n) is 5.20. The fourth-order valence-corrected chi connectivity index (χ4v) is 3.03. The lowest BCUT2D eigenvalue weighted by Crippen LogP contribution is -2.27. The maximum absolute atomic E-state index is 6.35. The summed E-state index contributed by atoms with van der Waals surface area (Å²) in [4.78, 5) is 4.08. The summed E-state index contributed by atoms with van der Waals surface area (Å²) in [6, 6.07) is 2.22. The SMILES string of the molecule is CCCNC(c1ccncc1Cl)c1c(Br)cnn1C(C)C. The van der Waals surface area contributed by atoms with Crippen molar-refractivity contribution in [2.75, 3.05) is 6.54 Å². The van der Waals surface area contributed by atoms with E-state index in [1.54, 1.807) is 12.4 Å². The lowest BCUT2D eigenvalue weighted by Gasteiger charge is -2.23. The quantitative estimate of drug-likeness (QED) is 0.820. The van der Waals surface area contributed by atoms with Crippen LogP contribution in [0.5, 0.6) is 0 Å². The molecule has 1 atom stereocenters. The van der Waals surface area contributed by atoms with Gasteiger partial charge in [0, 0.05) is 18.4 Å². The molecule has 2 aromatic rings. The second-order valence-corrected chi connectivity index (χ2v) is 6.46. The van der Waals surface area contributed by atoms with Crippen LogP contribution < -0.4 is 5.32 Å². The molecule has 21 heavy (non-hydrogen) atoms. The minimum Gasteiger partial charge on any atom is -0.305 e. The zero-order valence-electron chi connectivity index (χ0n) is 12.5. The lowest BCUT2D eigenvalue weighted by molar-refractivity contribution is 0.470. The summed E-state index contributed by atoms with van der Waals surface area (Å²) >= 11 is 9.97. The molecule has 0 saturated heterocycles. The molecular formula is C15H20BrClN4. The highest BCUT2D eigenvalue weighted by atomic mass is 79.9. The van der Waals surface area contributed by atoms with Crippen molar-refractivity contribution in [2.24, 2.45) is 0 Å². The molecule has 0 bridgehead atoms. The van der Waals surface area contributed by atoms with Crippen molar-refractivity contribution in [3.8, 4) is 0 Å². The molecule has 6 heteroatoms. The monoisotopic (exact) mass is 370 g/mol. The van der Waals surface area contributed by atoms with E-state index in [1.807, 2.05) is 16.9 Å². The number of aromatic nitrogens is 3. The first kappa shape index (κ1) is 16.5. The molecule has 2 rings (SSSR count). The predicted octanol–water partition coefficient (Wildman–Crippen LogP) is 4.36. The highest BCUT2D eigenvalue weighted by Crippen LogP contribution is 2.33. The van der Waals surface area contributed by atoms with Crippen molar-refractivity contribution >= 4 is 27.5 Å². The van der Waals surface area contributed by atoms with Gasteiger partial charge in [0.25, 0.3) is 0 Å². The molecule has 1 unspecified atom stereocenters. The summed E-state index contributed by atoms with van der Waals surface area (Å²) in [7, 11) is 0. The predicted molar refractivity (Wildman–Crippen MR) is 89.7 cm³/mol. The van der Waals surface area contributed by atoms with Gasteiger partial charge in [-0.15, -0.1) is 0 Å². The fraction of sp³-hybridized carbons (Fsp3) is 0.467. The van der Waals surface area contributed by atoms with E-state index in [4.69, 9.17) is 11.6 Å². The normalized spacial score (nSPS) is 12.9. The maximum atomic E-state index is 6.35. The van der Waals surface area contributed by atoms with Crippen LogP contribution in [0.25, 0.3) is 0 Å². The van der Waals surface area contributed by atoms with Crippen LogP contribution >= 0.6 is 27.5 Å². The Morgan fingerprint density at radius 1 is 1.38 bits per heavy atom. The van der Waals surface area contributed by atoms with Crippen LogP contribution in [-0.4, -0.2) is 21.3 Å². The van der Waals surface area contributed by atoms with Crippen molar-refractivity contribution < 1.29 is 0 Å². The highest BCUT2D eigenvalue weighted by molar-refractivity contribution is 9.10. The van der Waals surface area contributed by atoms with Gasteiger partial charge in [0.1, 0.15) is 0 Å². The Hall–Kier alpha value is -0.910. The Kier molecular flexibility index (Phi) is 5.79. The summed E-state index contributed by atoms with van der Waals surface area (Å²) in [6.45, 7) is 7.29. The molecule has 0 fully saturated rings. The van der Waals surface area contributed by atoms with E-state index < -0.39 is 0 Å². The molecule has 0 aliphatic carbocycles. The highest BCUT2D eigenvalue weighted by Gasteiger charge is 2.24. The van der Waals surface area contributed by atoms with Crippen LogP contribution in [0, 0.1) is 0 Å². The van der Waals surface area contributed by atoms with Gasteiger partial charge in [-0.1, -0.05) is 18.5 Å². The van der Waals surface area contributed by atoms with Gasteiger partial charge in [0.15, 0.2) is 0 Å². The standard InChI is InChI=1S/C15H20BrClN4/c1-4-6-19-14(11-5-7-18-9-13(11)17)15-12(16)8-20-21(15)10(2)3/h5,7-10,14,19H,4,6H2,1-3H3. The van der Waals surface area contributed by atoms with E-state index in [0.29, 0.717) is 5.02 Å². The first-order valence-electron chi connectivity index (χ1n) is 7.12. The van der Waals surface area contributed by atoms with Gasteiger partial charge in [-0.25, -0.2) is 0 Å². The van der Waals surface area contributed by atoms with Gasteiger partial charge in [0.05, 0.1) is 27.4 Å². The molecule has 114 valence electrons. The van der Waals surface area contributed by atoms with E-state index in [1.165, 1.54) is 0 Å². The second kappa shape index (κ2) is 7.38. The average Bonchev–Trinajstić information content (AvgIpc) is 2.83. The van der Waals surface area contributed by atoms with E-state index in [9.17, 15) is 0 Å². The minimum absolute atomic E-state index is 0.0141. The van der Waals surface area contributed by atoms with E-state index in [-0.39, 0.29) is 12.1 Å². The van der Waals surface area contributed by atoms with E-state index in [0.717, 1.165) is 28.7 Å². The smallest absolute Gasteiger partial charge is 0.0775 e. The fourth-order valence-electron chi connectivity index (χ4n) is 2.29. The lowest BCUT2D eigenvalue weighted by atomic mass is 10.0. The molecule has 0 radical (unpaired) electrons. The Labute approximate surface area is 139 Å². The first-order chi connectivity index (χ1) is 10.1. The van der Waals surface area contributed by atoms with Gasteiger partial charge in [-0.05, 0) is 54.4 Å². The summed E-state index contributed by atoms with van der Waals surface area (Å²) in [6.07, 6.45) is 6.34. The molecule has 0 amide bonds. The van der Waals surface area contributed by atoms with E-state index in [2.05, 4.69) is 52.1 Å². The number of hydrogen-bond acceptors (Lipinski definition) is 3. The van der Waals surface area contributed by atoms with Crippen molar-refractivity contribution in [2.45, 2.75) is 39.3 Å². The van der Waals surface area contributed by atoms with Crippen molar-refractivity contribution in [1.82, 2.24) is 20.1 Å². The van der Waals surface area contributed by atoms with Crippen LogP contribution in [0.1, 0.15) is 50.5 Å². The topological polar surface area (TPSA) is 42.7 Å². The molecule has 0 aliphatic heterocycles. The zero-order chi connectivity index (χ0) is 15.4. The summed E-state index contributed by atoms with van der Waals surface area (Å²) in [5.41, 5.74) is 2.11. The van der Waals surface area contributed by atoms with Crippen LogP contribution in [0.3, 0.4) is 0 Å². The van der Waals surface area contributed by atoms with Gasteiger partial charge in [0.2, 0.25) is 0 Å². The molecular weight excluding hydrogens is 352 g/mol. The number of nitrogens with zero attached hydrogens (tertiary/aromatic N) is 3. The Morgan fingerprint density at radius 2 is 2.14 bits per heavy atom. The molecule has 0 aliphatic rings. The number of hydrogen-bond donors (Lipinski definition) is 1. The first-order valence-corrected chi connectivity index (χ1v) is 8.29. The largest absolute Gasteiger partial charge is 0.305 e. The van der Waals surface area contributed by atoms with Crippen molar-refractivity contribution in [3.05, 3.63) is 45.4 Å². The summed E-state index contributed by atoms with van der Waals surface area (Å²) < 4.78 is 3.01. The molecule has 2 aromatic heterocycles. The summed E-state index contributed by atoms with van der Waals surface area (Å²) in [5.74, 6) is 0. The Balaban J connectivity index is 2.51. The Bertz CT molecular complexity index is 597. The summed E-state index contributed by atoms with van der Waals surface area (Å²) in [5, 5.41) is 8.69. The van der Waals surface area contributed by atoms with E-state index >= 15 is 0 Å². The molecule has 2 heterocycles. The molecule has 1 N–H and O–H groups in total. The number of pyridine rings is 1. The van der Waals surface area contributed by atoms with Gasteiger partial charge in [-0.3, -0.25) is 9.67 Å². The van der Waals surface area contributed by atoms with Crippen LogP contribution in [-0.2, 0) is 0 Å². The number of rotatable bonds is 6. The zero-order valence-corrected chi connectivity index (χ0v) is 14.8. The third kappa shape index (κ3) is 3.65. The van der Waals surface area contributed by atoms with Crippen molar-refractivity contribution in [3.63, 3.8) is 0 Å². The third-order valence-corrected chi connectivity index (χ3v) is 4.19. The third-order valence-electron chi connectivity index (χ3n) is 3.26. The average molecular weight is 372 g/mol. The van der Waals surface area contributed by atoms with Gasteiger partial charge >= 0.3 is 0 Å². The molecule has 0 spiro atoms. The van der Waals surface area contributed by atoms with Gasteiger partial charge < -0.3 is 5.32 Å². The van der Waals surface area contributed by atoms with Crippen LogP contribution in [0.15, 0.2) is 29.1 Å². The minimum atomic E-state index is -0.0141. The maximum Gasteiger partial charge on any atom is 0.0775 e. The molecule has 0 saturated carbocycles. The number of nitrogens with one attached hydrogen (secondary N) is 1. The molecule has 4 nitrogen and oxygen atoms in total. The van der Waals surface area contributed by atoms with Crippen molar-refractivity contribution in [1.29, 1.82) is 0 Å². The molecule has 0 aromatic carbocycles. The van der Waals surface area contributed by atoms with Crippen LogP contribution in [0.4, 0.5) is 0 Å². The Morgan fingerprint density at radius 3 is 2.76 bits per heavy atom. The van der Waals surface area contributed by atoms with Crippen LogP contribution in [0.2, 0.25) is 5.02 Å². The van der Waals surface area contributed by atoms with Gasteiger partial charge in [-0.2, -0.15) is 5.10 Å².